The molecule has 0 amide bonds. The zero-order valence-electron chi connectivity index (χ0n) is 10.00. The van der Waals surface area contributed by atoms with E-state index >= 15 is 0 Å². The number of carboxylic acids is 1. The molecular weight excluding hydrogens is 252 g/mol. The molecule has 0 aliphatic heterocycles. The molecule has 6 heteroatoms. The number of hydrogen-bond donors (Lipinski definition) is 1. The number of para-hydroxylation sites is 1. The van der Waals surface area contributed by atoms with Gasteiger partial charge in [-0.05, 0) is 12.1 Å². The van der Waals surface area contributed by atoms with E-state index in [0.717, 1.165) is 0 Å². The van der Waals surface area contributed by atoms with E-state index in [4.69, 9.17) is 9.84 Å². The van der Waals surface area contributed by atoms with Crippen LogP contribution in [0.3, 0.4) is 0 Å². The van der Waals surface area contributed by atoms with E-state index < -0.39 is 30.9 Å². The highest BCUT2D eigenvalue weighted by atomic mass is 16.6. The molecule has 0 aliphatic rings. The van der Waals surface area contributed by atoms with Gasteiger partial charge in [-0.15, -0.1) is 0 Å². The van der Waals surface area contributed by atoms with Crippen molar-refractivity contribution in [2.75, 3.05) is 6.61 Å². The number of hydrogen-bond acceptors (Lipinski definition) is 5. The molecule has 1 aromatic rings. The molecule has 1 N–H and O–H groups in total. The minimum Gasteiger partial charge on any atom is -0.481 e. The fourth-order valence-corrected chi connectivity index (χ4v) is 1.13. The number of ether oxygens (including phenoxy) is 2. The Morgan fingerprint density at radius 3 is 2.37 bits per heavy atom. The second-order valence-corrected chi connectivity index (χ2v) is 3.54. The van der Waals surface area contributed by atoms with Crippen LogP contribution in [0.5, 0.6) is 5.75 Å². The van der Waals surface area contributed by atoms with Gasteiger partial charge in [0.2, 0.25) is 0 Å². The number of carbonyl (C=O) groups excluding carboxylic acids is 2. The normalized spacial score (nSPS) is 9.47. The Kier molecular flexibility index (Phi) is 5.28. The lowest BCUT2D eigenvalue weighted by Crippen LogP contribution is -2.20. The van der Waals surface area contributed by atoms with Crippen LogP contribution in [-0.2, 0) is 19.1 Å². The van der Waals surface area contributed by atoms with Crippen LogP contribution in [0.1, 0.15) is 6.42 Å². The molecule has 0 saturated carbocycles. The Labute approximate surface area is 109 Å². The molecule has 0 heterocycles. The van der Waals surface area contributed by atoms with Crippen molar-refractivity contribution in [3.63, 3.8) is 0 Å². The monoisotopic (exact) mass is 264 g/mol. The van der Waals surface area contributed by atoms with E-state index in [-0.39, 0.29) is 5.57 Å². The molecule has 0 bridgehead atoms. The summed E-state index contributed by atoms with van der Waals surface area (Å²) in [6.45, 7) is 2.64. The topological polar surface area (TPSA) is 89.9 Å². The van der Waals surface area contributed by atoms with E-state index in [1.54, 1.807) is 30.3 Å². The lowest BCUT2D eigenvalue weighted by molar-refractivity contribution is -0.151. The number of rotatable bonds is 6. The lowest BCUT2D eigenvalue weighted by atomic mass is 10.2. The zero-order valence-corrected chi connectivity index (χ0v) is 10.00. The summed E-state index contributed by atoms with van der Waals surface area (Å²) in [5, 5.41) is 8.44. The maximum absolute atomic E-state index is 11.3. The first-order valence-electron chi connectivity index (χ1n) is 5.31. The summed E-state index contributed by atoms with van der Waals surface area (Å²) in [6, 6.07) is 8.27. The van der Waals surface area contributed by atoms with Gasteiger partial charge in [0.15, 0.2) is 6.61 Å². The molecule has 19 heavy (non-hydrogen) atoms. The zero-order chi connectivity index (χ0) is 14.3. The predicted molar refractivity (Wildman–Crippen MR) is 64.4 cm³/mol. The van der Waals surface area contributed by atoms with Gasteiger partial charge in [0.05, 0.1) is 6.42 Å². The van der Waals surface area contributed by atoms with Crippen molar-refractivity contribution < 1.29 is 29.0 Å². The van der Waals surface area contributed by atoms with Crippen molar-refractivity contribution in [1.82, 2.24) is 0 Å². The first-order chi connectivity index (χ1) is 8.99. The molecule has 0 radical (unpaired) electrons. The third-order valence-corrected chi connectivity index (χ3v) is 1.95. The molecule has 0 fully saturated rings. The van der Waals surface area contributed by atoms with Gasteiger partial charge in [0.25, 0.3) is 0 Å². The fraction of sp³-hybridized carbons (Fsp3) is 0.154. The summed E-state index contributed by atoms with van der Waals surface area (Å²) in [5.41, 5.74) is -0.236. The number of benzene rings is 1. The van der Waals surface area contributed by atoms with Crippen molar-refractivity contribution in [2.45, 2.75) is 6.42 Å². The van der Waals surface area contributed by atoms with Crippen molar-refractivity contribution in [3.05, 3.63) is 42.5 Å². The summed E-state index contributed by atoms with van der Waals surface area (Å²) in [4.78, 5) is 32.9. The van der Waals surface area contributed by atoms with E-state index in [1.807, 2.05) is 0 Å². The summed E-state index contributed by atoms with van der Waals surface area (Å²) in [7, 11) is 0. The highest BCUT2D eigenvalue weighted by Crippen LogP contribution is 2.08. The molecule has 100 valence electrons. The summed E-state index contributed by atoms with van der Waals surface area (Å²) >= 11 is 0. The Bertz CT molecular complexity index is 491. The molecule has 0 saturated heterocycles. The van der Waals surface area contributed by atoms with Crippen molar-refractivity contribution in [2.24, 2.45) is 0 Å². The molecular formula is C13H12O6. The van der Waals surface area contributed by atoms with Crippen LogP contribution in [0, 0.1) is 0 Å². The Morgan fingerprint density at radius 2 is 1.79 bits per heavy atom. The molecule has 6 nitrogen and oxygen atoms in total. The molecule has 0 unspecified atom stereocenters. The second kappa shape index (κ2) is 6.95. The first kappa shape index (κ1) is 14.4. The highest BCUT2D eigenvalue weighted by molar-refractivity contribution is 5.93. The summed E-state index contributed by atoms with van der Waals surface area (Å²) in [6.07, 6.45) is -0.535. The number of carbonyl (C=O) groups is 3. The van der Waals surface area contributed by atoms with E-state index in [1.165, 1.54) is 0 Å². The first-order valence-corrected chi connectivity index (χ1v) is 5.31. The number of aliphatic carboxylic acids is 1. The van der Waals surface area contributed by atoms with Crippen LogP contribution in [-0.4, -0.2) is 29.6 Å². The third-order valence-electron chi connectivity index (χ3n) is 1.95. The third kappa shape index (κ3) is 5.49. The Morgan fingerprint density at radius 1 is 1.16 bits per heavy atom. The van der Waals surface area contributed by atoms with Crippen LogP contribution in [0.15, 0.2) is 42.5 Å². The molecule has 0 aliphatic carbocycles. The van der Waals surface area contributed by atoms with Crippen LogP contribution in [0.2, 0.25) is 0 Å². The van der Waals surface area contributed by atoms with Gasteiger partial charge in [-0.2, -0.15) is 0 Å². The van der Waals surface area contributed by atoms with Gasteiger partial charge in [-0.1, -0.05) is 24.8 Å². The number of carboxylic acid groups (broad SMARTS) is 1. The Hall–Kier alpha value is -2.63. The SMILES string of the molecule is C=C(CC(=O)O)C(=O)OCC(=O)Oc1ccccc1. The van der Waals surface area contributed by atoms with Crippen LogP contribution < -0.4 is 4.74 Å². The maximum Gasteiger partial charge on any atom is 0.349 e. The average molecular weight is 264 g/mol. The minimum absolute atomic E-state index is 0.236. The largest absolute Gasteiger partial charge is 0.481 e. The van der Waals surface area contributed by atoms with E-state index in [0.29, 0.717) is 5.75 Å². The molecule has 0 atom stereocenters. The summed E-state index contributed by atoms with van der Waals surface area (Å²) < 4.78 is 9.43. The van der Waals surface area contributed by atoms with Crippen LogP contribution in [0.4, 0.5) is 0 Å². The highest BCUT2D eigenvalue weighted by Gasteiger charge is 2.14. The maximum atomic E-state index is 11.3. The van der Waals surface area contributed by atoms with Gasteiger partial charge in [-0.3, -0.25) is 4.79 Å². The van der Waals surface area contributed by atoms with Crippen LogP contribution in [0.25, 0.3) is 0 Å². The smallest absolute Gasteiger partial charge is 0.349 e. The molecule has 0 aromatic heterocycles. The van der Waals surface area contributed by atoms with Gasteiger partial charge < -0.3 is 14.6 Å². The quantitative estimate of drug-likeness (QED) is 0.471. The number of esters is 2. The minimum atomic E-state index is -1.20. The van der Waals surface area contributed by atoms with E-state index in [2.05, 4.69) is 11.3 Å². The van der Waals surface area contributed by atoms with Crippen LogP contribution >= 0.6 is 0 Å². The molecule has 0 spiro atoms. The lowest BCUT2D eigenvalue weighted by Gasteiger charge is -2.06. The molecule has 1 aromatic carbocycles. The van der Waals surface area contributed by atoms with Gasteiger partial charge in [0.1, 0.15) is 5.75 Å². The van der Waals surface area contributed by atoms with E-state index in [9.17, 15) is 14.4 Å². The predicted octanol–water partition coefficient (Wildman–Crippen LogP) is 1.17. The standard InChI is InChI=1S/C13H12O6/c1-9(7-11(14)15)13(17)18-8-12(16)19-10-5-3-2-4-6-10/h2-6H,1,7-8H2,(H,14,15). The Balaban J connectivity index is 2.36. The van der Waals surface area contributed by atoms with Crippen molar-refractivity contribution in [3.8, 4) is 5.75 Å². The summed E-state index contributed by atoms with van der Waals surface area (Å²) in [5.74, 6) is -2.57. The van der Waals surface area contributed by atoms with Crippen molar-refractivity contribution >= 4 is 17.9 Å². The average Bonchev–Trinajstić information content (AvgIpc) is 2.36. The fourth-order valence-electron chi connectivity index (χ4n) is 1.13. The second-order valence-electron chi connectivity index (χ2n) is 3.54. The van der Waals surface area contributed by atoms with Crippen molar-refractivity contribution in [1.29, 1.82) is 0 Å². The van der Waals surface area contributed by atoms with Gasteiger partial charge >= 0.3 is 17.9 Å². The molecule has 1 rings (SSSR count). The van der Waals surface area contributed by atoms with Gasteiger partial charge in [-0.25, -0.2) is 9.59 Å². The van der Waals surface area contributed by atoms with Gasteiger partial charge in [0, 0.05) is 5.57 Å².